The average Bonchev–Trinajstić information content (AvgIpc) is 2.97. The first-order valence-electron chi connectivity index (χ1n) is 6.91. The molecule has 0 radical (unpaired) electrons. The van der Waals surface area contributed by atoms with Gasteiger partial charge in [0.25, 0.3) is 5.69 Å². The Morgan fingerprint density at radius 1 is 1.38 bits per heavy atom. The molecule has 0 spiro atoms. The lowest BCUT2D eigenvalue weighted by Crippen LogP contribution is -2.34. The van der Waals surface area contributed by atoms with Gasteiger partial charge >= 0.3 is 0 Å². The van der Waals surface area contributed by atoms with E-state index in [2.05, 4.69) is 4.98 Å². The van der Waals surface area contributed by atoms with Crippen molar-refractivity contribution in [1.82, 2.24) is 4.98 Å². The third-order valence-corrected chi connectivity index (χ3v) is 4.96. The number of nitrogens with zero attached hydrogens (tertiary/aromatic N) is 2. The molecule has 1 aromatic carbocycles. The monoisotopic (exact) mass is 305 g/mol. The molecule has 1 aromatic heterocycles. The van der Waals surface area contributed by atoms with E-state index in [0.717, 1.165) is 29.1 Å². The number of thiazole rings is 1. The lowest BCUT2D eigenvalue weighted by atomic mass is 9.95. The number of nitrogens with two attached hydrogens (primary N) is 1. The molecule has 0 saturated heterocycles. The van der Waals surface area contributed by atoms with Gasteiger partial charge in [-0.2, -0.15) is 0 Å². The van der Waals surface area contributed by atoms with Crippen LogP contribution in [0.4, 0.5) is 5.69 Å². The van der Waals surface area contributed by atoms with Crippen molar-refractivity contribution in [3.63, 3.8) is 0 Å². The Hall–Kier alpha value is -1.79. The summed E-state index contributed by atoms with van der Waals surface area (Å²) < 4.78 is 0. The molecule has 2 rings (SSSR count). The van der Waals surface area contributed by atoms with Crippen LogP contribution in [0.1, 0.15) is 37.3 Å². The first-order valence-corrected chi connectivity index (χ1v) is 7.79. The minimum Gasteiger partial charge on any atom is -0.319 e. The number of benzene rings is 1. The second-order valence-corrected chi connectivity index (χ2v) is 6.02. The van der Waals surface area contributed by atoms with Gasteiger partial charge in [-0.25, -0.2) is 4.98 Å². The Morgan fingerprint density at radius 3 is 2.62 bits per heavy atom. The van der Waals surface area contributed by atoms with E-state index in [0.29, 0.717) is 5.56 Å². The summed E-state index contributed by atoms with van der Waals surface area (Å²) in [6.07, 6.45) is 1.62. The molecule has 0 saturated carbocycles. The predicted octanol–water partition coefficient (Wildman–Crippen LogP) is 4.00. The van der Waals surface area contributed by atoms with E-state index in [9.17, 15) is 10.1 Å². The third kappa shape index (κ3) is 2.96. The van der Waals surface area contributed by atoms with Gasteiger partial charge in [-0.1, -0.05) is 26.0 Å². The zero-order valence-electron chi connectivity index (χ0n) is 12.4. The molecule has 6 heteroatoms. The zero-order chi connectivity index (χ0) is 15.6. The van der Waals surface area contributed by atoms with Crippen molar-refractivity contribution in [3.05, 3.63) is 44.3 Å². The standard InChI is InChI=1S/C15H19N3O2S/c1-4-15(16,5-2)14-17-12(9-21-14)11-7-6-10(3)13(8-11)18(19)20/h6-9H,4-5,16H2,1-3H3. The normalized spacial score (nSPS) is 11.6. The highest BCUT2D eigenvalue weighted by Gasteiger charge is 2.27. The average molecular weight is 305 g/mol. The molecule has 0 aliphatic heterocycles. The molecule has 0 bridgehead atoms. The number of hydrogen-bond donors (Lipinski definition) is 1. The molecule has 0 aliphatic rings. The number of rotatable bonds is 5. The topological polar surface area (TPSA) is 82.0 Å². The molecule has 0 amide bonds. The number of nitro groups is 1. The van der Waals surface area contributed by atoms with Crippen LogP contribution in [0.25, 0.3) is 11.3 Å². The Balaban J connectivity index is 2.43. The Labute approximate surface area is 128 Å². The van der Waals surface area contributed by atoms with E-state index in [4.69, 9.17) is 5.73 Å². The highest BCUT2D eigenvalue weighted by Crippen LogP contribution is 2.33. The Kier molecular flexibility index (Phi) is 4.39. The predicted molar refractivity (Wildman–Crippen MR) is 85.4 cm³/mol. The third-order valence-electron chi connectivity index (χ3n) is 3.89. The van der Waals surface area contributed by atoms with Crippen molar-refractivity contribution < 1.29 is 4.92 Å². The molecule has 0 aliphatic carbocycles. The van der Waals surface area contributed by atoms with Crippen LogP contribution in [-0.4, -0.2) is 9.91 Å². The van der Waals surface area contributed by atoms with Crippen LogP contribution in [0.15, 0.2) is 23.6 Å². The van der Waals surface area contributed by atoms with E-state index in [-0.39, 0.29) is 10.6 Å². The fraction of sp³-hybridized carbons (Fsp3) is 0.400. The highest BCUT2D eigenvalue weighted by atomic mass is 32.1. The zero-order valence-corrected chi connectivity index (χ0v) is 13.2. The summed E-state index contributed by atoms with van der Waals surface area (Å²) in [4.78, 5) is 15.3. The first-order chi connectivity index (χ1) is 9.91. The van der Waals surface area contributed by atoms with E-state index in [1.165, 1.54) is 11.3 Å². The second kappa shape index (κ2) is 5.91. The molecule has 21 heavy (non-hydrogen) atoms. The van der Waals surface area contributed by atoms with E-state index >= 15 is 0 Å². The van der Waals surface area contributed by atoms with Gasteiger partial charge in [0, 0.05) is 22.6 Å². The van der Waals surface area contributed by atoms with Gasteiger partial charge in [0.1, 0.15) is 5.01 Å². The molecule has 2 N–H and O–H groups in total. The lowest BCUT2D eigenvalue weighted by Gasteiger charge is -2.23. The minimum atomic E-state index is -0.417. The Bertz CT molecular complexity index is 663. The lowest BCUT2D eigenvalue weighted by molar-refractivity contribution is -0.385. The molecule has 0 fully saturated rings. The van der Waals surface area contributed by atoms with Crippen LogP contribution >= 0.6 is 11.3 Å². The van der Waals surface area contributed by atoms with Crippen LogP contribution in [0.2, 0.25) is 0 Å². The van der Waals surface area contributed by atoms with Gasteiger partial charge in [0.05, 0.1) is 16.2 Å². The van der Waals surface area contributed by atoms with Gasteiger partial charge in [-0.3, -0.25) is 10.1 Å². The van der Waals surface area contributed by atoms with Crippen molar-refractivity contribution in [3.8, 4) is 11.3 Å². The summed E-state index contributed by atoms with van der Waals surface area (Å²) in [6, 6.07) is 5.18. The Morgan fingerprint density at radius 2 is 2.05 bits per heavy atom. The van der Waals surface area contributed by atoms with Crippen LogP contribution in [-0.2, 0) is 5.54 Å². The van der Waals surface area contributed by atoms with Gasteiger partial charge in [-0.15, -0.1) is 11.3 Å². The molecular weight excluding hydrogens is 286 g/mol. The second-order valence-electron chi connectivity index (χ2n) is 5.16. The van der Waals surface area contributed by atoms with Gasteiger partial charge in [-0.05, 0) is 19.8 Å². The maximum absolute atomic E-state index is 11.0. The molecular formula is C15H19N3O2S. The summed E-state index contributed by atoms with van der Waals surface area (Å²) >= 11 is 1.51. The maximum atomic E-state index is 11.0. The van der Waals surface area contributed by atoms with Crippen molar-refractivity contribution in [2.24, 2.45) is 5.73 Å². The molecule has 0 unspecified atom stereocenters. The van der Waals surface area contributed by atoms with E-state index in [1.54, 1.807) is 19.1 Å². The quantitative estimate of drug-likeness (QED) is 0.668. The van der Waals surface area contributed by atoms with E-state index in [1.807, 2.05) is 25.3 Å². The van der Waals surface area contributed by atoms with Gasteiger partial charge in [0.15, 0.2) is 0 Å². The smallest absolute Gasteiger partial charge is 0.272 e. The maximum Gasteiger partial charge on any atom is 0.272 e. The van der Waals surface area contributed by atoms with Gasteiger partial charge < -0.3 is 5.73 Å². The van der Waals surface area contributed by atoms with Crippen molar-refractivity contribution in [1.29, 1.82) is 0 Å². The fourth-order valence-corrected chi connectivity index (χ4v) is 3.24. The van der Waals surface area contributed by atoms with Crippen LogP contribution in [0, 0.1) is 17.0 Å². The number of aromatic nitrogens is 1. The highest BCUT2D eigenvalue weighted by molar-refractivity contribution is 7.10. The van der Waals surface area contributed by atoms with E-state index < -0.39 is 5.54 Å². The molecule has 5 nitrogen and oxygen atoms in total. The van der Waals surface area contributed by atoms with Gasteiger partial charge in [0.2, 0.25) is 0 Å². The first kappa shape index (κ1) is 15.6. The molecule has 112 valence electrons. The number of hydrogen-bond acceptors (Lipinski definition) is 5. The number of nitro benzene ring substituents is 1. The van der Waals surface area contributed by atoms with Crippen LogP contribution in [0.3, 0.4) is 0 Å². The summed E-state index contributed by atoms with van der Waals surface area (Å²) in [5.41, 5.74) is 8.20. The largest absolute Gasteiger partial charge is 0.319 e. The van der Waals surface area contributed by atoms with Crippen molar-refractivity contribution in [2.75, 3.05) is 0 Å². The van der Waals surface area contributed by atoms with Crippen LogP contribution in [0.5, 0.6) is 0 Å². The molecule has 2 aromatic rings. The van der Waals surface area contributed by atoms with Crippen LogP contribution < -0.4 is 5.73 Å². The summed E-state index contributed by atoms with van der Waals surface area (Å²) in [5, 5.41) is 13.8. The summed E-state index contributed by atoms with van der Waals surface area (Å²) in [5.74, 6) is 0. The van der Waals surface area contributed by atoms with Crippen molar-refractivity contribution >= 4 is 17.0 Å². The fourth-order valence-electron chi connectivity index (χ4n) is 2.15. The van der Waals surface area contributed by atoms with Crippen molar-refractivity contribution in [2.45, 2.75) is 39.2 Å². The SMILES string of the molecule is CCC(N)(CC)c1nc(-c2ccc(C)c([N+](=O)[O-])c2)cs1. The minimum absolute atomic E-state index is 0.118. The summed E-state index contributed by atoms with van der Waals surface area (Å²) in [6.45, 7) is 5.82. The molecule has 0 atom stereocenters. The number of aryl methyl sites for hydroxylation is 1. The summed E-state index contributed by atoms with van der Waals surface area (Å²) in [7, 11) is 0. The molecule has 1 heterocycles.